The van der Waals surface area contributed by atoms with E-state index in [0.29, 0.717) is 11.5 Å². The van der Waals surface area contributed by atoms with Crippen molar-refractivity contribution in [2.75, 3.05) is 6.54 Å². The Morgan fingerprint density at radius 3 is 2.59 bits per heavy atom. The lowest BCUT2D eigenvalue weighted by atomic mass is 9.88. The van der Waals surface area contributed by atoms with E-state index >= 15 is 0 Å². The van der Waals surface area contributed by atoms with E-state index in [1.54, 1.807) is 0 Å². The molecule has 0 saturated carbocycles. The number of hydrogen-bond donors (Lipinski definition) is 1. The summed E-state index contributed by atoms with van der Waals surface area (Å²) in [5.41, 5.74) is 1.56. The van der Waals surface area contributed by atoms with Crippen molar-refractivity contribution < 1.29 is 0 Å². The zero-order chi connectivity index (χ0) is 12.9. The van der Waals surface area contributed by atoms with Crippen LogP contribution < -0.4 is 5.32 Å². The molecule has 1 aromatic heterocycles. The molecular weight excluding hydrogens is 210 g/mol. The minimum Gasteiger partial charge on any atom is -0.309 e. The molecular formula is C14H27N3. The van der Waals surface area contributed by atoms with Gasteiger partial charge in [-0.3, -0.25) is 4.68 Å². The van der Waals surface area contributed by atoms with Gasteiger partial charge in [-0.05, 0) is 37.3 Å². The van der Waals surface area contributed by atoms with Crippen LogP contribution in [0.2, 0.25) is 0 Å². The number of aryl methyl sites for hydroxylation is 1. The third kappa shape index (κ3) is 5.35. The minimum atomic E-state index is 0.390. The van der Waals surface area contributed by atoms with Crippen LogP contribution in [0.1, 0.15) is 58.7 Å². The molecule has 0 bridgehead atoms. The molecule has 0 aliphatic heterocycles. The molecule has 1 atom stereocenters. The molecule has 1 heterocycles. The van der Waals surface area contributed by atoms with Crippen molar-refractivity contribution in [2.24, 2.45) is 12.5 Å². The molecule has 98 valence electrons. The van der Waals surface area contributed by atoms with Crippen LogP contribution in [0.25, 0.3) is 0 Å². The molecule has 3 nitrogen and oxygen atoms in total. The van der Waals surface area contributed by atoms with Crippen LogP contribution in [0.4, 0.5) is 0 Å². The zero-order valence-corrected chi connectivity index (χ0v) is 12.0. The Morgan fingerprint density at radius 1 is 1.41 bits per heavy atom. The summed E-state index contributed by atoms with van der Waals surface area (Å²) in [6, 6.07) is 2.52. The molecule has 0 spiro atoms. The number of nitrogens with zero attached hydrogens (tertiary/aromatic N) is 2. The first-order valence-corrected chi connectivity index (χ1v) is 6.65. The fraction of sp³-hybridized carbons (Fsp3) is 0.786. The molecule has 0 aliphatic rings. The predicted molar refractivity (Wildman–Crippen MR) is 72.9 cm³/mol. The highest BCUT2D eigenvalue weighted by Crippen LogP contribution is 2.26. The quantitative estimate of drug-likeness (QED) is 0.823. The SMILES string of the molecule is CCCNC(CCC(C)(C)C)c1ccn(C)n1. The Hall–Kier alpha value is -0.830. The van der Waals surface area contributed by atoms with Gasteiger partial charge in [-0.1, -0.05) is 27.7 Å². The van der Waals surface area contributed by atoms with Crippen LogP contribution in [0.15, 0.2) is 12.3 Å². The van der Waals surface area contributed by atoms with E-state index in [-0.39, 0.29) is 0 Å². The third-order valence-corrected chi connectivity index (χ3v) is 2.92. The topological polar surface area (TPSA) is 29.9 Å². The molecule has 0 fully saturated rings. The van der Waals surface area contributed by atoms with E-state index in [9.17, 15) is 0 Å². The van der Waals surface area contributed by atoms with Gasteiger partial charge in [0.05, 0.1) is 11.7 Å². The molecule has 1 rings (SSSR count). The van der Waals surface area contributed by atoms with Gasteiger partial charge in [0.25, 0.3) is 0 Å². The highest BCUT2D eigenvalue weighted by atomic mass is 15.3. The Balaban J connectivity index is 2.60. The van der Waals surface area contributed by atoms with Gasteiger partial charge in [0.1, 0.15) is 0 Å². The molecule has 1 unspecified atom stereocenters. The van der Waals surface area contributed by atoms with Gasteiger partial charge in [0, 0.05) is 13.2 Å². The van der Waals surface area contributed by atoms with E-state index in [0.717, 1.165) is 13.0 Å². The second kappa shape index (κ2) is 6.20. The largest absolute Gasteiger partial charge is 0.309 e. The Labute approximate surface area is 106 Å². The maximum absolute atomic E-state index is 4.52. The predicted octanol–water partition coefficient (Wildman–Crippen LogP) is 3.29. The molecule has 1 N–H and O–H groups in total. The second-order valence-corrected chi connectivity index (χ2v) is 6.02. The lowest BCUT2D eigenvalue weighted by Crippen LogP contribution is -2.24. The molecule has 0 aromatic carbocycles. The maximum Gasteiger partial charge on any atom is 0.0793 e. The average Bonchev–Trinajstić information content (AvgIpc) is 2.63. The summed E-state index contributed by atoms with van der Waals surface area (Å²) in [6.45, 7) is 10.1. The first kappa shape index (κ1) is 14.2. The van der Waals surface area contributed by atoms with E-state index in [4.69, 9.17) is 0 Å². The molecule has 0 saturated heterocycles. The van der Waals surface area contributed by atoms with Crippen molar-refractivity contribution in [3.05, 3.63) is 18.0 Å². The molecule has 0 radical (unpaired) electrons. The molecule has 17 heavy (non-hydrogen) atoms. The monoisotopic (exact) mass is 237 g/mol. The summed E-state index contributed by atoms with van der Waals surface area (Å²) in [4.78, 5) is 0. The van der Waals surface area contributed by atoms with Crippen LogP contribution in [0.5, 0.6) is 0 Å². The number of aromatic nitrogens is 2. The zero-order valence-electron chi connectivity index (χ0n) is 12.0. The highest BCUT2D eigenvalue weighted by Gasteiger charge is 2.17. The van der Waals surface area contributed by atoms with Crippen LogP contribution in [-0.4, -0.2) is 16.3 Å². The number of hydrogen-bond acceptors (Lipinski definition) is 2. The summed E-state index contributed by atoms with van der Waals surface area (Å²) in [5, 5.41) is 8.11. The second-order valence-electron chi connectivity index (χ2n) is 6.02. The van der Waals surface area contributed by atoms with Crippen molar-refractivity contribution in [3.8, 4) is 0 Å². The van der Waals surface area contributed by atoms with Gasteiger partial charge in [-0.2, -0.15) is 5.10 Å². The van der Waals surface area contributed by atoms with Crippen molar-refractivity contribution in [1.82, 2.24) is 15.1 Å². The Bertz CT molecular complexity index is 322. The summed E-state index contributed by atoms with van der Waals surface area (Å²) in [5.74, 6) is 0. The van der Waals surface area contributed by atoms with Gasteiger partial charge in [0.2, 0.25) is 0 Å². The van der Waals surface area contributed by atoms with Crippen molar-refractivity contribution >= 4 is 0 Å². The highest BCUT2D eigenvalue weighted by molar-refractivity contribution is 5.05. The summed E-state index contributed by atoms with van der Waals surface area (Å²) >= 11 is 0. The maximum atomic E-state index is 4.52. The number of nitrogens with one attached hydrogen (secondary N) is 1. The third-order valence-electron chi connectivity index (χ3n) is 2.92. The summed E-state index contributed by atoms with van der Waals surface area (Å²) < 4.78 is 1.88. The standard InChI is InChI=1S/C14H27N3/c1-6-10-15-12(7-9-14(2,3)4)13-8-11-17(5)16-13/h8,11-12,15H,6-7,9-10H2,1-5H3. The van der Waals surface area contributed by atoms with Gasteiger partial charge in [-0.15, -0.1) is 0 Å². The van der Waals surface area contributed by atoms with Crippen LogP contribution >= 0.6 is 0 Å². The van der Waals surface area contributed by atoms with Crippen molar-refractivity contribution in [2.45, 2.75) is 53.0 Å². The van der Waals surface area contributed by atoms with Gasteiger partial charge >= 0.3 is 0 Å². The van der Waals surface area contributed by atoms with E-state index < -0.39 is 0 Å². The van der Waals surface area contributed by atoms with Gasteiger partial charge in [0.15, 0.2) is 0 Å². The van der Waals surface area contributed by atoms with Crippen molar-refractivity contribution in [3.63, 3.8) is 0 Å². The lowest BCUT2D eigenvalue weighted by molar-refractivity contribution is 0.329. The molecule has 0 aliphatic carbocycles. The van der Waals surface area contributed by atoms with Crippen LogP contribution in [-0.2, 0) is 7.05 Å². The smallest absolute Gasteiger partial charge is 0.0793 e. The lowest BCUT2D eigenvalue weighted by Gasteiger charge is -2.23. The normalized spacial score (nSPS) is 13.9. The van der Waals surface area contributed by atoms with Gasteiger partial charge < -0.3 is 5.32 Å². The average molecular weight is 237 g/mol. The molecule has 0 amide bonds. The number of rotatable bonds is 6. The van der Waals surface area contributed by atoms with Crippen LogP contribution in [0.3, 0.4) is 0 Å². The summed E-state index contributed by atoms with van der Waals surface area (Å²) in [7, 11) is 1.98. The van der Waals surface area contributed by atoms with E-state index in [2.05, 4.69) is 44.2 Å². The first-order valence-electron chi connectivity index (χ1n) is 6.65. The minimum absolute atomic E-state index is 0.390. The fourth-order valence-electron chi connectivity index (χ4n) is 1.87. The van der Waals surface area contributed by atoms with E-state index in [1.165, 1.54) is 18.5 Å². The van der Waals surface area contributed by atoms with E-state index in [1.807, 2.05) is 17.9 Å². The van der Waals surface area contributed by atoms with Gasteiger partial charge in [-0.25, -0.2) is 0 Å². The fourth-order valence-corrected chi connectivity index (χ4v) is 1.87. The molecule has 3 heteroatoms. The molecule has 1 aromatic rings. The summed E-state index contributed by atoms with van der Waals surface area (Å²) in [6.07, 6.45) is 5.55. The Morgan fingerprint density at radius 2 is 2.12 bits per heavy atom. The van der Waals surface area contributed by atoms with Crippen LogP contribution in [0, 0.1) is 5.41 Å². The van der Waals surface area contributed by atoms with Crippen molar-refractivity contribution in [1.29, 1.82) is 0 Å². The first-order chi connectivity index (χ1) is 7.92. The Kier molecular flexibility index (Phi) is 5.19.